The van der Waals surface area contributed by atoms with Crippen molar-refractivity contribution in [2.24, 2.45) is 10.9 Å². The van der Waals surface area contributed by atoms with Gasteiger partial charge in [-0.3, -0.25) is 4.99 Å². The number of hydrogen-bond acceptors (Lipinski definition) is 4. The molecule has 1 atom stereocenters. The van der Waals surface area contributed by atoms with E-state index in [4.69, 9.17) is 4.74 Å². The van der Waals surface area contributed by atoms with Crippen LogP contribution in [0.1, 0.15) is 59.3 Å². The van der Waals surface area contributed by atoms with Crippen LogP contribution >= 0.6 is 24.0 Å². The van der Waals surface area contributed by atoms with Crippen LogP contribution < -0.4 is 16.0 Å². The van der Waals surface area contributed by atoms with E-state index in [1.807, 2.05) is 27.8 Å². The molecule has 2 aliphatic rings. The number of nitrogens with zero attached hydrogens (tertiary/aromatic N) is 2. The lowest BCUT2D eigenvalue weighted by Gasteiger charge is -2.32. The minimum Gasteiger partial charge on any atom is -0.444 e. The fourth-order valence-electron chi connectivity index (χ4n) is 3.93. The lowest BCUT2D eigenvalue weighted by atomic mass is 9.91. The third-order valence-electron chi connectivity index (χ3n) is 5.29. The molecule has 1 aliphatic heterocycles. The second kappa shape index (κ2) is 12.0. The van der Waals surface area contributed by atoms with Crippen LogP contribution in [0.15, 0.2) is 4.99 Å². The molecule has 164 valence electrons. The van der Waals surface area contributed by atoms with E-state index < -0.39 is 5.60 Å². The summed E-state index contributed by atoms with van der Waals surface area (Å²) in [4.78, 5) is 18.7. The van der Waals surface area contributed by atoms with Crippen molar-refractivity contribution in [2.75, 3.05) is 33.7 Å². The standard InChI is InChI=1S/C20H39N5O2.HI/c1-20(2,3)27-19(26)24-17-10-8-16(9-11-17)23-18(21-4)22-13-15-7-6-12-25(5)14-15;/h15-17H,6-14H2,1-5H3,(H,24,26)(H2,21,22,23);1H. The Labute approximate surface area is 187 Å². The van der Waals surface area contributed by atoms with Gasteiger partial charge in [0, 0.05) is 32.2 Å². The van der Waals surface area contributed by atoms with E-state index in [-0.39, 0.29) is 36.1 Å². The van der Waals surface area contributed by atoms with Gasteiger partial charge < -0.3 is 25.6 Å². The quantitative estimate of drug-likeness (QED) is 0.309. The molecule has 1 aliphatic carbocycles. The Hall–Kier alpha value is -0.770. The number of carbonyl (C=O) groups is 1. The van der Waals surface area contributed by atoms with Crippen LogP contribution in [0.3, 0.4) is 0 Å². The Balaban J connectivity index is 0.00000392. The Morgan fingerprint density at radius 3 is 2.25 bits per heavy atom. The first-order valence-electron chi connectivity index (χ1n) is 10.4. The Morgan fingerprint density at radius 1 is 1.11 bits per heavy atom. The van der Waals surface area contributed by atoms with Gasteiger partial charge in [0.05, 0.1) is 0 Å². The number of aliphatic imine (C=N–C) groups is 1. The molecule has 1 amide bonds. The summed E-state index contributed by atoms with van der Waals surface area (Å²) in [5.41, 5.74) is -0.450. The van der Waals surface area contributed by atoms with Crippen LogP contribution in [-0.4, -0.2) is 68.4 Å². The highest BCUT2D eigenvalue weighted by molar-refractivity contribution is 14.0. The molecule has 0 aromatic rings. The number of likely N-dealkylation sites (tertiary alicyclic amines) is 1. The maximum Gasteiger partial charge on any atom is 0.407 e. The molecule has 1 saturated heterocycles. The van der Waals surface area contributed by atoms with Crippen molar-refractivity contribution in [3.05, 3.63) is 0 Å². The van der Waals surface area contributed by atoms with Gasteiger partial charge in [-0.15, -0.1) is 24.0 Å². The summed E-state index contributed by atoms with van der Waals surface area (Å²) >= 11 is 0. The van der Waals surface area contributed by atoms with E-state index in [1.54, 1.807) is 0 Å². The van der Waals surface area contributed by atoms with E-state index in [9.17, 15) is 4.79 Å². The highest BCUT2D eigenvalue weighted by Crippen LogP contribution is 2.19. The van der Waals surface area contributed by atoms with Crippen molar-refractivity contribution < 1.29 is 9.53 Å². The minimum atomic E-state index is -0.450. The van der Waals surface area contributed by atoms with Crippen molar-refractivity contribution in [3.63, 3.8) is 0 Å². The number of piperidine rings is 1. The van der Waals surface area contributed by atoms with Gasteiger partial charge in [0.1, 0.15) is 5.60 Å². The van der Waals surface area contributed by atoms with Gasteiger partial charge in [-0.05, 0) is 78.8 Å². The fourth-order valence-corrected chi connectivity index (χ4v) is 3.93. The second-order valence-electron chi connectivity index (χ2n) is 9.06. The summed E-state index contributed by atoms with van der Waals surface area (Å²) in [6.07, 6.45) is 6.22. The third kappa shape index (κ3) is 9.62. The number of guanidine groups is 1. The van der Waals surface area contributed by atoms with Gasteiger partial charge in [0.2, 0.25) is 0 Å². The van der Waals surface area contributed by atoms with Crippen molar-refractivity contribution in [3.8, 4) is 0 Å². The predicted molar refractivity (Wildman–Crippen MR) is 126 cm³/mol. The lowest BCUT2D eigenvalue weighted by molar-refractivity contribution is 0.0490. The molecule has 0 radical (unpaired) electrons. The summed E-state index contributed by atoms with van der Waals surface area (Å²) in [5, 5.41) is 10.0. The highest BCUT2D eigenvalue weighted by atomic mass is 127. The predicted octanol–water partition coefficient (Wildman–Crippen LogP) is 2.95. The summed E-state index contributed by atoms with van der Waals surface area (Å²) < 4.78 is 5.35. The zero-order valence-corrected chi connectivity index (χ0v) is 20.5. The summed E-state index contributed by atoms with van der Waals surface area (Å²) in [7, 11) is 4.03. The van der Waals surface area contributed by atoms with Gasteiger partial charge >= 0.3 is 6.09 Å². The maximum absolute atomic E-state index is 11.9. The Bertz CT molecular complexity index is 501. The number of ether oxygens (including phenoxy) is 1. The van der Waals surface area contributed by atoms with E-state index in [0.717, 1.165) is 44.7 Å². The molecular formula is C20H40IN5O2. The van der Waals surface area contributed by atoms with Gasteiger partial charge in [0.15, 0.2) is 5.96 Å². The number of nitrogens with one attached hydrogen (secondary N) is 3. The molecule has 2 rings (SSSR count). The van der Waals surface area contributed by atoms with Gasteiger partial charge in [-0.25, -0.2) is 4.79 Å². The third-order valence-corrected chi connectivity index (χ3v) is 5.29. The largest absolute Gasteiger partial charge is 0.444 e. The van der Waals surface area contributed by atoms with E-state index in [2.05, 4.69) is 32.9 Å². The van der Waals surface area contributed by atoms with Crippen molar-refractivity contribution >= 4 is 36.0 Å². The van der Waals surface area contributed by atoms with Crippen LogP contribution in [0.4, 0.5) is 4.79 Å². The first-order valence-corrected chi connectivity index (χ1v) is 10.4. The van der Waals surface area contributed by atoms with Crippen LogP contribution in [0, 0.1) is 5.92 Å². The average molecular weight is 509 g/mol. The molecule has 3 N–H and O–H groups in total. The van der Waals surface area contributed by atoms with Crippen LogP contribution in [-0.2, 0) is 4.74 Å². The SMILES string of the molecule is CN=C(NCC1CCCN(C)C1)NC1CCC(NC(=O)OC(C)(C)C)CC1.I. The molecule has 28 heavy (non-hydrogen) atoms. The Kier molecular flexibility index (Phi) is 10.9. The normalized spacial score (nSPS) is 26.8. The number of carbonyl (C=O) groups excluding carboxylic acids is 1. The van der Waals surface area contributed by atoms with Gasteiger partial charge in [-0.2, -0.15) is 0 Å². The molecule has 0 spiro atoms. The smallest absolute Gasteiger partial charge is 0.407 e. The van der Waals surface area contributed by atoms with Gasteiger partial charge in [0.25, 0.3) is 0 Å². The molecule has 0 bridgehead atoms. The topological polar surface area (TPSA) is 78.0 Å². The number of hydrogen-bond donors (Lipinski definition) is 3. The molecular weight excluding hydrogens is 469 g/mol. The van der Waals surface area contributed by atoms with E-state index in [1.165, 1.54) is 19.4 Å². The molecule has 0 aromatic carbocycles. The molecule has 2 fully saturated rings. The zero-order chi connectivity index (χ0) is 19.9. The van der Waals surface area contributed by atoms with Crippen molar-refractivity contribution in [1.29, 1.82) is 0 Å². The number of rotatable bonds is 4. The molecule has 0 aromatic heterocycles. The fraction of sp³-hybridized carbons (Fsp3) is 0.900. The maximum atomic E-state index is 11.9. The van der Waals surface area contributed by atoms with E-state index >= 15 is 0 Å². The number of alkyl carbamates (subject to hydrolysis) is 1. The van der Waals surface area contributed by atoms with Crippen LogP contribution in [0.2, 0.25) is 0 Å². The first-order chi connectivity index (χ1) is 12.7. The minimum absolute atomic E-state index is 0. The monoisotopic (exact) mass is 509 g/mol. The average Bonchev–Trinajstić information content (AvgIpc) is 2.58. The first kappa shape index (κ1) is 25.3. The highest BCUT2D eigenvalue weighted by Gasteiger charge is 2.25. The van der Waals surface area contributed by atoms with Crippen LogP contribution in [0.25, 0.3) is 0 Å². The summed E-state index contributed by atoms with van der Waals surface area (Å²) in [5.74, 6) is 1.59. The van der Waals surface area contributed by atoms with Crippen molar-refractivity contribution in [2.45, 2.75) is 77.0 Å². The molecule has 8 heteroatoms. The number of halogens is 1. The van der Waals surface area contributed by atoms with E-state index in [0.29, 0.717) is 12.0 Å². The summed E-state index contributed by atoms with van der Waals surface area (Å²) in [6, 6.07) is 0.604. The molecule has 1 saturated carbocycles. The molecule has 7 nitrogen and oxygen atoms in total. The van der Waals surface area contributed by atoms with Crippen LogP contribution in [0.5, 0.6) is 0 Å². The van der Waals surface area contributed by atoms with Crippen molar-refractivity contribution in [1.82, 2.24) is 20.9 Å². The summed E-state index contributed by atoms with van der Waals surface area (Å²) in [6.45, 7) is 9.00. The Morgan fingerprint density at radius 2 is 1.71 bits per heavy atom. The zero-order valence-electron chi connectivity index (χ0n) is 18.2. The molecule has 1 unspecified atom stereocenters. The number of amides is 1. The second-order valence-corrected chi connectivity index (χ2v) is 9.06. The lowest BCUT2D eigenvalue weighted by Crippen LogP contribution is -2.49. The molecule has 1 heterocycles. The van der Waals surface area contributed by atoms with Gasteiger partial charge in [-0.1, -0.05) is 0 Å².